The summed E-state index contributed by atoms with van der Waals surface area (Å²) in [6.07, 6.45) is 1.83. The molecule has 3 rings (SSSR count). The third-order valence-corrected chi connectivity index (χ3v) is 4.96. The standard InChI is InChI=1S/C18H18N2O2S/c1-3-19-23(22)14-8-6-7-13(11-14)17-12-20(2)18(21)16-10-5-4-9-15(16)17/h4-12,19H,3H2,1-2H3. The van der Waals surface area contributed by atoms with E-state index in [0.29, 0.717) is 11.9 Å². The molecule has 118 valence electrons. The average Bonchev–Trinajstić information content (AvgIpc) is 2.58. The average molecular weight is 326 g/mol. The van der Waals surface area contributed by atoms with E-state index in [1.807, 2.05) is 61.7 Å². The van der Waals surface area contributed by atoms with Gasteiger partial charge in [-0.3, -0.25) is 4.79 Å². The zero-order valence-electron chi connectivity index (χ0n) is 13.1. The fourth-order valence-electron chi connectivity index (χ4n) is 2.64. The Hall–Kier alpha value is -2.08. The number of nitrogens with one attached hydrogen (secondary N) is 1. The van der Waals surface area contributed by atoms with Crippen molar-refractivity contribution in [3.05, 3.63) is 65.1 Å². The van der Waals surface area contributed by atoms with Gasteiger partial charge in [0.2, 0.25) is 0 Å². The molecular weight excluding hydrogens is 308 g/mol. The molecule has 1 atom stereocenters. The summed E-state index contributed by atoms with van der Waals surface area (Å²) in [4.78, 5) is 13.0. The third-order valence-electron chi connectivity index (χ3n) is 3.73. The van der Waals surface area contributed by atoms with Crippen LogP contribution in [-0.4, -0.2) is 15.7 Å². The lowest BCUT2D eigenvalue weighted by atomic mass is 10.0. The highest BCUT2D eigenvalue weighted by atomic mass is 32.2. The van der Waals surface area contributed by atoms with E-state index < -0.39 is 11.4 Å². The molecule has 3 aromatic rings. The molecule has 0 saturated heterocycles. The van der Waals surface area contributed by atoms with E-state index in [1.165, 1.54) is 0 Å². The number of aryl methyl sites for hydroxylation is 1. The summed E-state index contributed by atoms with van der Waals surface area (Å²) in [6, 6.07) is 15.2. The van der Waals surface area contributed by atoms with E-state index in [9.17, 15) is 9.35 Å². The molecule has 0 aliphatic carbocycles. The second-order valence-electron chi connectivity index (χ2n) is 5.30. The molecule has 0 fully saturated rings. The minimum atomic E-state index is -1.23. The number of pyridine rings is 1. The third kappa shape index (κ3) is 3.03. The largest absolute Gasteiger partial charge is 0.593 e. The molecule has 1 N–H and O–H groups in total. The number of hydrogen-bond acceptors (Lipinski definition) is 3. The first kappa shape index (κ1) is 15.8. The molecule has 1 unspecified atom stereocenters. The topological polar surface area (TPSA) is 57.1 Å². The maximum absolute atomic E-state index is 12.3. The second-order valence-corrected chi connectivity index (χ2v) is 6.60. The fraction of sp³-hybridized carbons (Fsp3) is 0.167. The first-order valence-electron chi connectivity index (χ1n) is 7.46. The van der Waals surface area contributed by atoms with Crippen LogP contribution >= 0.6 is 0 Å². The zero-order valence-corrected chi connectivity index (χ0v) is 13.9. The molecule has 0 saturated carbocycles. The van der Waals surface area contributed by atoms with Crippen molar-refractivity contribution in [1.29, 1.82) is 0 Å². The highest BCUT2D eigenvalue weighted by Crippen LogP contribution is 2.28. The Balaban J connectivity index is 2.20. The Labute approximate surface area is 138 Å². The molecular formula is C18H18N2O2S. The van der Waals surface area contributed by atoms with Crippen LogP contribution in [0.3, 0.4) is 0 Å². The lowest BCUT2D eigenvalue weighted by Gasteiger charge is -2.12. The van der Waals surface area contributed by atoms with Gasteiger partial charge in [0.25, 0.3) is 5.56 Å². The molecule has 1 aromatic heterocycles. The number of benzene rings is 2. The highest BCUT2D eigenvalue weighted by molar-refractivity contribution is 7.89. The van der Waals surface area contributed by atoms with Gasteiger partial charge in [-0.2, -0.15) is 0 Å². The molecule has 1 heterocycles. The quantitative estimate of drug-likeness (QED) is 0.750. The summed E-state index contributed by atoms with van der Waals surface area (Å²) in [5.41, 5.74) is 1.88. The molecule has 0 aliphatic rings. The van der Waals surface area contributed by atoms with Crippen molar-refractivity contribution in [3.8, 4) is 11.1 Å². The van der Waals surface area contributed by atoms with Gasteiger partial charge in [0.1, 0.15) is 0 Å². The van der Waals surface area contributed by atoms with Gasteiger partial charge in [-0.05, 0) is 30.0 Å². The van der Waals surface area contributed by atoms with E-state index in [1.54, 1.807) is 11.6 Å². The molecule has 0 bridgehead atoms. The number of nitrogens with zero attached hydrogens (tertiary/aromatic N) is 1. The van der Waals surface area contributed by atoms with Gasteiger partial charge in [-0.25, -0.2) is 0 Å². The summed E-state index contributed by atoms with van der Waals surface area (Å²) in [5.74, 6) is 0. The van der Waals surface area contributed by atoms with Gasteiger partial charge in [0.05, 0.1) is 11.4 Å². The SMILES string of the molecule is CCN[S+]([O-])c1cccc(-c2cn(C)c(=O)c3ccccc23)c1. The number of fused-ring (bicyclic) bond motifs is 1. The minimum Gasteiger partial charge on any atom is -0.593 e. The van der Waals surface area contributed by atoms with E-state index in [4.69, 9.17) is 0 Å². The normalized spacial score (nSPS) is 12.5. The van der Waals surface area contributed by atoms with Crippen LogP contribution in [0.15, 0.2) is 64.4 Å². The second kappa shape index (κ2) is 6.58. The molecule has 4 nitrogen and oxygen atoms in total. The summed E-state index contributed by atoms with van der Waals surface area (Å²) in [5, 5.41) is 1.59. The van der Waals surface area contributed by atoms with Crippen molar-refractivity contribution in [2.75, 3.05) is 6.54 Å². The molecule has 5 heteroatoms. The zero-order chi connectivity index (χ0) is 16.4. The van der Waals surface area contributed by atoms with Gasteiger partial charge in [-0.1, -0.05) is 30.3 Å². The Kier molecular flexibility index (Phi) is 4.52. The lowest BCUT2D eigenvalue weighted by molar-refractivity contribution is 0.583. The van der Waals surface area contributed by atoms with Crippen LogP contribution in [0, 0.1) is 0 Å². The Bertz CT molecular complexity index is 905. The number of aromatic nitrogens is 1. The van der Waals surface area contributed by atoms with E-state index in [-0.39, 0.29) is 5.56 Å². The smallest absolute Gasteiger partial charge is 0.258 e. The van der Waals surface area contributed by atoms with Crippen LogP contribution in [0.4, 0.5) is 0 Å². The van der Waals surface area contributed by atoms with E-state index >= 15 is 0 Å². The van der Waals surface area contributed by atoms with E-state index in [2.05, 4.69) is 4.72 Å². The van der Waals surface area contributed by atoms with Crippen molar-refractivity contribution in [2.24, 2.45) is 7.05 Å². The molecule has 0 aliphatic heterocycles. The van der Waals surface area contributed by atoms with Gasteiger partial charge in [0.15, 0.2) is 4.90 Å². The summed E-state index contributed by atoms with van der Waals surface area (Å²) >= 11 is -1.23. The summed E-state index contributed by atoms with van der Waals surface area (Å²) in [7, 11) is 1.75. The Morgan fingerprint density at radius 3 is 2.61 bits per heavy atom. The van der Waals surface area contributed by atoms with Crippen molar-refractivity contribution in [3.63, 3.8) is 0 Å². The number of hydrogen-bond donors (Lipinski definition) is 1. The van der Waals surface area contributed by atoms with Crippen LogP contribution in [0.2, 0.25) is 0 Å². The predicted octanol–water partition coefficient (Wildman–Crippen LogP) is 2.84. The first-order valence-corrected chi connectivity index (χ1v) is 8.61. The monoisotopic (exact) mass is 326 g/mol. The maximum atomic E-state index is 12.3. The molecule has 0 spiro atoms. The van der Waals surface area contributed by atoms with Gasteiger partial charge in [0, 0.05) is 36.8 Å². The van der Waals surface area contributed by atoms with Crippen molar-refractivity contribution >= 4 is 22.1 Å². The van der Waals surface area contributed by atoms with Gasteiger partial charge in [-0.15, -0.1) is 4.72 Å². The van der Waals surface area contributed by atoms with Crippen molar-refractivity contribution in [1.82, 2.24) is 9.29 Å². The summed E-state index contributed by atoms with van der Waals surface area (Å²) < 4.78 is 16.7. The maximum Gasteiger partial charge on any atom is 0.258 e. The minimum absolute atomic E-state index is 0.0169. The van der Waals surface area contributed by atoms with Crippen LogP contribution in [0.1, 0.15) is 6.92 Å². The van der Waals surface area contributed by atoms with Crippen LogP contribution < -0.4 is 10.3 Å². The Morgan fingerprint density at radius 2 is 1.87 bits per heavy atom. The number of rotatable bonds is 4. The molecule has 2 aromatic carbocycles. The van der Waals surface area contributed by atoms with Crippen molar-refractivity contribution in [2.45, 2.75) is 11.8 Å². The molecule has 0 amide bonds. The van der Waals surface area contributed by atoms with Crippen LogP contribution in [0.25, 0.3) is 21.9 Å². The molecule has 23 heavy (non-hydrogen) atoms. The summed E-state index contributed by atoms with van der Waals surface area (Å²) in [6.45, 7) is 2.56. The van der Waals surface area contributed by atoms with E-state index in [0.717, 1.165) is 21.4 Å². The van der Waals surface area contributed by atoms with Crippen LogP contribution in [0.5, 0.6) is 0 Å². The molecule has 0 radical (unpaired) electrons. The Morgan fingerprint density at radius 1 is 1.13 bits per heavy atom. The highest BCUT2D eigenvalue weighted by Gasteiger charge is 2.13. The van der Waals surface area contributed by atoms with Crippen LogP contribution in [-0.2, 0) is 18.4 Å². The van der Waals surface area contributed by atoms with Crippen molar-refractivity contribution < 1.29 is 4.55 Å². The lowest BCUT2D eigenvalue weighted by Crippen LogP contribution is -2.23. The van der Waals surface area contributed by atoms with Gasteiger partial charge >= 0.3 is 0 Å². The first-order chi connectivity index (χ1) is 11.1. The van der Waals surface area contributed by atoms with Gasteiger partial charge < -0.3 is 9.12 Å². The fourth-order valence-corrected chi connectivity index (χ4v) is 3.50. The predicted molar refractivity (Wildman–Crippen MR) is 94.7 cm³/mol.